The highest BCUT2D eigenvalue weighted by atomic mass is 127. The molecule has 2 rings (SSSR count). The van der Waals surface area contributed by atoms with Crippen molar-refractivity contribution in [2.24, 2.45) is 4.99 Å². The van der Waals surface area contributed by atoms with E-state index in [0.717, 1.165) is 11.3 Å². The molecule has 0 heterocycles. The molecule has 166 valence electrons. The molecule has 0 amide bonds. The summed E-state index contributed by atoms with van der Waals surface area (Å²) in [5.41, 5.74) is 1.77. The Morgan fingerprint density at radius 3 is 2.00 bits per heavy atom. The molecule has 2 N–H and O–H groups in total. The summed E-state index contributed by atoms with van der Waals surface area (Å²) in [6.45, 7) is 3.01. The van der Waals surface area contributed by atoms with E-state index >= 15 is 0 Å². The fourth-order valence-corrected chi connectivity index (χ4v) is 2.76. The van der Waals surface area contributed by atoms with E-state index in [-0.39, 0.29) is 24.0 Å². The molecule has 0 radical (unpaired) electrons. The first-order valence-electron chi connectivity index (χ1n) is 9.17. The van der Waals surface area contributed by atoms with E-state index in [2.05, 4.69) is 15.6 Å². The minimum Gasteiger partial charge on any atom is -0.493 e. The number of nitrogens with one attached hydrogen (secondary N) is 2. The number of aliphatic imine (C=N–C) groups is 1. The number of hydrogen-bond acceptors (Lipinski definition) is 6. The van der Waals surface area contributed by atoms with E-state index in [1.54, 1.807) is 35.5 Å². The summed E-state index contributed by atoms with van der Waals surface area (Å²) in [5, 5.41) is 6.51. The molecule has 0 aromatic heterocycles. The Hall–Kier alpha value is -2.56. The highest BCUT2D eigenvalue weighted by Gasteiger charge is 2.13. The second-order valence-corrected chi connectivity index (χ2v) is 5.88. The maximum Gasteiger partial charge on any atom is 0.203 e. The quantitative estimate of drug-likeness (QED) is 0.288. The van der Waals surface area contributed by atoms with Crippen LogP contribution in [0.4, 0.5) is 5.69 Å². The first-order chi connectivity index (χ1) is 14.1. The molecule has 2 aromatic rings. The molecule has 0 spiro atoms. The minimum absolute atomic E-state index is 0. The van der Waals surface area contributed by atoms with Gasteiger partial charge in [-0.25, -0.2) is 0 Å². The number of nitrogens with zero attached hydrogens (tertiary/aromatic N) is 1. The number of rotatable bonds is 9. The molecule has 0 unspecified atom stereocenters. The van der Waals surface area contributed by atoms with E-state index in [1.807, 2.05) is 37.3 Å². The molecule has 0 bridgehead atoms. The van der Waals surface area contributed by atoms with Gasteiger partial charge in [-0.05, 0) is 36.8 Å². The third-order valence-electron chi connectivity index (χ3n) is 4.13. The van der Waals surface area contributed by atoms with E-state index in [9.17, 15) is 0 Å². The maximum absolute atomic E-state index is 5.55. The molecule has 0 saturated carbocycles. The fraction of sp³-hybridized carbons (Fsp3) is 0.381. The normalized spacial score (nSPS) is 10.5. The second-order valence-electron chi connectivity index (χ2n) is 5.88. The number of halogens is 1. The van der Waals surface area contributed by atoms with Gasteiger partial charge in [-0.3, -0.25) is 4.99 Å². The molecular weight excluding hydrogens is 501 g/mol. The maximum atomic E-state index is 5.55. The summed E-state index contributed by atoms with van der Waals surface area (Å²) in [7, 11) is 8.08. The zero-order valence-corrected chi connectivity index (χ0v) is 20.5. The highest BCUT2D eigenvalue weighted by Crippen LogP contribution is 2.38. The van der Waals surface area contributed by atoms with Crippen LogP contribution in [0.3, 0.4) is 0 Å². The summed E-state index contributed by atoms with van der Waals surface area (Å²) in [5.74, 6) is 3.70. The van der Waals surface area contributed by atoms with Crippen LogP contribution < -0.4 is 34.3 Å². The lowest BCUT2D eigenvalue weighted by atomic mass is 10.2. The van der Waals surface area contributed by atoms with Gasteiger partial charge in [-0.15, -0.1) is 24.0 Å². The van der Waals surface area contributed by atoms with Gasteiger partial charge in [0, 0.05) is 25.3 Å². The van der Waals surface area contributed by atoms with Crippen molar-refractivity contribution in [1.82, 2.24) is 5.32 Å². The van der Waals surface area contributed by atoms with Crippen LogP contribution >= 0.6 is 24.0 Å². The van der Waals surface area contributed by atoms with Gasteiger partial charge < -0.3 is 34.3 Å². The van der Waals surface area contributed by atoms with Gasteiger partial charge in [0.1, 0.15) is 0 Å². The molecule has 0 fully saturated rings. The van der Waals surface area contributed by atoms with E-state index in [1.165, 1.54) is 0 Å². The van der Waals surface area contributed by atoms with E-state index < -0.39 is 0 Å². The average Bonchev–Trinajstić information content (AvgIpc) is 2.76. The van der Waals surface area contributed by atoms with Crippen LogP contribution in [0.25, 0.3) is 0 Å². The van der Waals surface area contributed by atoms with Gasteiger partial charge in [0.15, 0.2) is 29.0 Å². The highest BCUT2D eigenvalue weighted by molar-refractivity contribution is 14.0. The van der Waals surface area contributed by atoms with E-state index in [4.69, 9.17) is 23.7 Å². The molecule has 9 heteroatoms. The number of anilines is 1. The number of methoxy groups -OCH3 is 4. The molecule has 0 atom stereocenters. The number of hydrogen-bond donors (Lipinski definition) is 2. The number of guanidine groups is 1. The van der Waals surface area contributed by atoms with Gasteiger partial charge in [0.2, 0.25) is 5.75 Å². The van der Waals surface area contributed by atoms with Crippen molar-refractivity contribution >= 4 is 35.6 Å². The standard InChI is InChI=1S/C21H29N3O5.HI/c1-7-29-16-9-8-15(12-17(16)25-3)24-21(22-2)23-13-14-10-18(26-4)20(28-6)19(11-14)27-5;/h8-12H,7,13H2,1-6H3,(H2,22,23,24);1H. The third-order valence-corrected chi connectivity index (χ3v) is 4.13. The summed E-state index contributed by atoms with van der Waals surface area (Å²) in [6, 6.07) is 9.40. The van der Waals surface area contributed by atoms with Crippen molar-refractivity contribution in [3.05, 3.63) is 35.9 Å². The fourth-order valence-electron chi connectivity index (χ4n) is 2.76. The van der Waals surface area contributed by atoms with Crippen LogP contribution in [0.2, 0.25) is 0 Å². The lowest BCUT2D eigenvalue weighted by Crippen LogP contribution is -2.30. The smallest absolute Gasteiger partial charge is 0.203 e. The van der Waals surface area contributed by atoms with Crippen LogP contribution in [0.5, 0.6) is 28.7 Å². The molecule has 0 aliphatic carbocycles. The van der Waals surface area contributed by atoms with Crippen LogP contribution in [-0.2, 0) is 6.54 Å². The average molecular weight is 531 g/mol. The zero-order chi connectivity index (χ0) is 21.2. The molecule has 30 heavy (non-hydrogen) atoms. The first kappa shape index (κ1) is 25.5. The molecule has 8 nitrogen and oxygen atoms in total. The lowest BCUT2D eigenvalue weighted by Gasteiger charge is -2.16. The Labute approximate surface area is 194 Å². The van der Waals surface area contributed by atoms with Gasteiger partial charge in [0.05, 0.1) is 35.0 Å². The van der Waals surface area contributed by atoms with Crippen molar-refractivity contribution in [2.45, 2.75) is 13.5 Å². The van der Waals surface area contributed by atoms with Gasteiger partial charge >= 0.3 is 0 Å². The van der Waals surface area contributed by atoms with Crippen LogP contribution in [0.15, 0.2) is 35.3 Å². The molecule has 0 saturated heterocycles. The molecule has 0 aliphatic rings. The van der Waals surface area contributed by atoms with Crippen LogP contribution in [-0.4, -0.2) is 48.1 Å². The summed E-state index contributed by atoms with van der Waals surface area (Å²) >= 11 is 0. The Morgan fingerprint density at radius 1 is 0.867 bits per heavy atom. The Bertz CT molecular complexity index is 820. The summed E-state index contributed by atoms with van der Waals surface area (Å²) in [6.07, 6.45) is 0. The number of ether oxygens (including phenoxy) is 5. The largest absolute Gasteiger partial charge is 0.493 e. The van der Waals surface area contributed by atoms with Crippen LogP contribution in [0.1, 0.15) is 12.5 Å². The van der Waals surface area contributed by atoms with Gasteiger partial charge in [0.25, 0.3) is 0 Å². The predicted octanol–water partition coefficient (Wildman–Crippen LogP) is 3.93. The Morgan fingerprint density at radius 2 is 1.50 bits per heavy atom. The first-order valence-corrected chi connectivity index (χ1v) is 9.17. The molecule has 0 aliphatic heterocycles. The third kappa shape index (κ3) is 6.48. The molecule has 2 aromatic carbocycles. The minimum atomic E-state index is 0. The summed E-state index contributed by atoms with van der Waals surface area (Å²) < 4.78 is 27.1. The lowest BCUT2D eigenvalue weighted by molar-refractivity contribution is 0.311. The van der Waals surface area contributed by atoms with Crippen molar-refractivity contribution in [3.63, 3.8) is 0 Å². The van der Waals surface area contributed by atoms with Crippen LogP contribution in [0, 0.1) is 0 Å². The Kier molecular flexibility index (Phi) is 10.9. The number of benzene rings is 2. The SMILES string of the molecule is CCOc1ccc(NC(=NC)NCc2cc(OC)c(OC)c(OC)c2)cc1OC.I. The topological polar surface area (TPSA) is 82.6 Å². The van der Waals surface area contributed by atoms with Gasteiger partial charge in [-0.1, -0.05) is 0 Å². The summed E-state index contributed by atoms with van der Waals surface area (Å²) in [4.78, 5) is 4.27. The zero-order valence-electron chi connectivity index (χ0n) is 18.2. The van der Waals surface area contributed by atoms with Gasteiger partial charge in [-0.2, -0.15) is 0 Å². The molecular formula is C21H30IN3O5. The van der Waals surface area contributed by atoms with E-state index in [0.29, 0.717) is 47.9 Å². The van der Waals surface area contributed by atoms with Crippen molar-refractivity contribution in [1.29, 1.82) is 0 Å². The van der Waals surface area contributed by atoms with Crippen molar-refractivity contribution in [3.8, 4) is 28.7 Å². The predicted molar refractivity (Wildman–Crippen MR) is 129 cm³/mol. The Balaban J connectivity index is 0.00000450. The van der Waals surface area contributed by atoms with Crippen molar-refractivity contribution in [2.75, 3.05) is 47.4 Å². The van der Waals surface area contributed by atoms with Crippen molar-refractivity contribution < 1.29 is 23.7 Å². The monoisotopic (exact) mass is 531 g/mol. The second kappa shape index (κ2) is 12.9.